The van der Waals surface area contributed by atoms with Gasteiger partial charge in [0.05, 0.1) is 0 Å². The van der Waals surface area contributed by atoms with E-state index in [0.717, 1.165) is 5.70 Å². The van der Waals surface area contributed by atoms with Crippen molar-refractivity contribution in [3.63, 3.8) is 0 Å². The summed E-state index contributed by atoms with van der Waals surface area (Å²) in [6.45, 7) is 9.65. The van der Waals surface area contributed by atoms with Crippen molar-refractivity contribution in [3.8, 4) is 0 Å². The molecule has 0 saturated carbocycles. The zero-order chi connectivity index (χ0) is 10.1. The Morgan fingerprint density at radius 2 is 2.00 bits per heavy atom. The quantitative estimate of drug-likeness (QED) is 0.701. The lowest BCUT2D eigenvalue weighted by atomic mass is 10.2. The van der Waals surface area contributed by atoms with Gasteiger partial charge in [-0.05, 0) is 32.9 Å². The average molecular weight is 200 g/mol. The monoisotopic (exact) mass is 199 g/mol. The van der Waals surface area contributed by atoms with E-state index in [1.807, 2.05) is 20.8 Å². The second-order valence-corrected chi connectivity index (χ2v) is 4.28. The normalized spacial score (nSPS) is 17.4. The third kappa shape index (κ3) is 3.15. The summed E-state index contributed by atoms with van der Waals surface area (Å²) in [6, 6.07) is 0. The van der Waals surface area contributed by atoms with Crippen LogP contribution in [0.1, 0.15) is 20.8 Å². The molecule has 0 aliphatic carbocycles. The molecule has 1 aliphatic rings. The Hall–Kier alpha value is -0.890. The van der Waals surface area contributed by atoms with E-state index in [-0.39, 0.29) is 5.60 Å². The Kier molecular flexibility index (Phi) is 2.71. The molecule has 1 heterocycles. The smallest absolute Gasteiger partial charge is 0.211 e. The van der Waals surface area contributed by atoms with Crippen molar-refractivity contribution in [3.05, 3.63) is 35.3 Å². The molecule has 2 nitrogen and oxygen atoms in total. The second-order valence-electron chi connectivity index (χ2n) is 3.88. The molecule has 0 unspecified atom stereocenters. The zero-order valence-corrected chi connectivity index (χ0v) is 8.90. The van der Waals surface area contributed by atoms with Crippen molar-refractivity contribution in [2.45, 2.75) is 26.4 Å². The molecular weight excluding hydrogens is 186 g/mol. The van der Waals surface area contributed by atoms with Crippen LogP contribution in [-0.4, -0.2) is 5.60 Å². The molecule has 0 aromatic heterocycles. The van der Waals surface area contributed by atoms with Crippen LogP contribution in [0, 0.1) is 0 Å². The number of hydrogen-bond acceptors (Lipinski definition) is 2. The van der Waals surface area contributed by atoms with Crippen LogP contribution in [-0.2, 0) is 4.74 Å². The number of halogens is 1. The van der Waals surface area contributed by atoms with Crippen LogP contribution in [0.3, 0.4) is 0 Å². The molecule has 3 heteroatoms. The van der Waals surface area contributed by atoms with Gasteiger partial charge in [0.2, 0.25) is 5.88 Å². The van der Waals surface area contributed by atoms with Crippen molar-refractivity contribution in [2.75, 3.05) is 0 Å². The summed E-state index contributed by atoms with van der Waals surface area (Å²) in [6.07, 6.45) is 3.57. The van der Waals surface area contributed by atoms with Gasteiger partial charge in [0.25, 0.3) is 0 Å². The summed E-state index contributed by atoms with van der Waals surface area (Å²) in [5.41, 5.74) is 0.525. The molecular formula is C10H14ClNO. The Labute approximate surface area is 83.9 Å². The van der Waals surface area contributed by atoms with E-state index >= 15 is 0 Å². The zero-order valence-electron chi connectivity index (χ0n) is 8.15. The minimum absolute atomic E-state index is 0.256. The van der Waals surface area contributed by atoms with Crippen LogP contribution in [0.4, 0.5) is 0 Å². The van der Waals surface area contributed by atoms with Crippen LogP contribution in [0.5, 0.6) is 0 Å². The number of allylic oxidation sites excluding steroid dienone is 3. The van der Waals surface area contributed by atoms with Crippen molar-refractivity contribution < 1.29 is 4.74 Å². The van der Waals surface area contributed by atoms with Crippen molar-refractivity contribution in [2.24, 2.45) is 0 Å². The topological polar surface area (TPSA) is 21.3 Å². The third-order valence-corrected chi connectivity index (χ3v) is 1.63. The van der Waals surface area contributed by atoms with Crippen LogP contribution in [0.15, 0.2) is 35.3 Å². The van der Waals surface area contributed by atoms with Gasteiger partial charge in [0.1, 0.15) is 10.6 Å². The summed E-state index contributed by atoms with van der Waals surface area (Å²) in [7, 11) is 0. The van der Waals surface area contributed by atoms with Gasteiger partial charge in [-0.1, -0.05) is 18.2 Å². The molecule has 13 heavy (non-hydrogen) atoms. The van der Waals surface area contributed by atoms with Gasteiger partial charge in [-0.15, -0.1) is 0 Å². The molecule has 0 fully saturated rings. The standard InChI is InChI=1S/C10H14ClNO/c1-7-5-6-8(11)9(12-7)13-10(2,3)4/h5-6,12H,1H2,2-4H3. The Bertz CT molecular complexity index is 284. The number of hydrogen-bond donors (Lipinski definition) is 1. The Balaban J connectivity index is 2.78. The van der Waals surface area contributed by atoms with Crippen LogP contribution >= 0.6 is 11.6 Å². The highest BCUT2D eigenvalue weighted by molar-refractivity contribution is 6.31. The van der Waals surface area contributed by atoms with Gasteiger partial charge in [0, 0.05) is 5.70 Å². The molecule has 0 amide bonds. The van der Waals surface area contributed by atoms with E-state index in [4.69, 9.17) is 16.3 Å². The van der Waals surface area contributed by atoms with E-state index in [0.29, 0.717) is 10.9 Å². The van der Waals surface area contributed by atoms with E-state index in [9.17, 15) is 0 Å². The molecule has 0 aromatic rings. The summed E-state index contributed by atoms with van der Waals surface area (Å²) in [4.78, 5) is 0. The minimum Gasteiger partial charge on any atom is -0.472 e. The second kappa shape index (κ2) is 3.46. The first-order valence-electron chi connectivity index (χ1n) is 4.11. The highest BCUT2D eigenvalue weighted by atomic mass is 35.5. The lowest BCUT2D eigenvalue weighted by Crippen LogP contribution is -2.26. The predicted octanol–water partition coefficient (Wildman–Crippen LogP) is 2.88. The molecule has 0 saturated heterocycles. The molecule has 0 aromatic carbocycles. The molecule has 0 atom stereocenters. The molecule has 1 rings (SSSR count). The van der Waals surface area contributed by atoms with Gasteiger partial charge in [-0.3, -0.25) is 0 Å². The molecule has 0 radical (unpaired) electrons. The molecule has 1 N–H and O–H groups in total. The number of nitrogens with one attached hydrogen (secondary N) is 1. The van der Waals surface area contributed by atoms with Crippen molar-refractivity contribution in [1.82, 2.24) is 5.32 Å². The third-order valence-electron chi connectivity index (χ3n) is 1.33. The summed E-state index contributed by atoms with van der Waals surface area (Å²) in [5, 5.41) is 3.54. The lowest BCUT2D eigenvalue weighted by molar-refractivity contribution is 0.0424. The first kappa shape index (κ1) is 10.2. The Morgan fingerprint density at radius 1 is 1.38 bits per heavy atom. The first-order valence-corrected chi connectivity index (χ1v) is 4.49. The van der Waals surface area contributed by atoms with Gasteiger partial charge >= 0.3 is 0 Å². The van der Waals surface area contributed by atoms with Gasteiger partial charge < -0.3 is 10.1 Å². The van der Waals surface area contributed by atoms with Crippen LogP contribution in [0.2, 0.25) is 0 Å². The van der Waals surface area contributed by atoms with E-state index < -0.39 is 0 Å². The fourth-order valence-corrected chi connectivity index (χ4v) is 1.03. The van der Waals surface area contributed by atoms with Crippen LogP contribution in [0.25, 0.3) is 0 Å². The Morgan fingerprint density at radius 3 is 2.54 bits per heavy atom. The summed E-state index contributed by atoms with van der Waals surface area (Å²) in [5.74, 6) is 0.571. The maximum absolute atomic E-state index is 5.92. The fourth-order valence-electron chi connectivity index (χ4n) is 0.877. The van der Waals surface area contributed by atoms with E-state index in [2.05, 4.69) is 11.9 Å². The lowest BCUT2D eigenvalue weighted by Gasteiger charge is -2.26. The van der Waals surface area contributed by atoms with Gasteiger partial charge in [0.15, 0.2) is 0 Å². The number of dihydropyridines is 1. The number of rotatable bonds is 1. The van der Waals surface area contributed by atoms with Crippen molar-refractivity contribution in [1.29, 1.82) is 0 Å². The largest absolute Gasteiger partial charge is 0.472 e. The highest BCUT2D eigenvalue weighted by Crippen LogP contribution is 2.21. The van der Waals surface area contributed by atoms with E-state index in [1.165, 1.54) is 0 Å². The van der Waals surface area contributed by atoms with Crippen molar-refractivity contribution >= 4 is 11.6 Å². The molecule has 72 valence electrons. The predicted molar refractivity (Wildman–Crippen MR) is 55.1 cm³/mol. The molecule has 0 bridgehead atoms. The average Bonchev–Trinajstić information content (AvgIpc) is 1.94. The first-order chi connectivity index (χ1) is 5.88. The van der Waals surface area contributed by atoms with Gasteiger partial charge in [-0.25, -0.2) is 0 Å². The molecule has 1 aliphatic heterocycles. The van der Waals surface area contributed by atoms with E-state index in [1.54, 1.807) is 12.2 Å². The maximum Gasteiger partial charge on any atom is 0.211 e. The van der Waals surface area contributed by atoms with Gasteiger partial charge in [-0.2, -0.15) is 0 Å². The number of ether oxygens (including phenoxy) is 1. The van der Waals surface area contributed by atoms with Crippen LogP contribution < -0.4 is 5.32 Å². The maximum atomic E-state index is 5.92. The fraction of sp³-hybridized carbons (Fsp3) is 0.400. The SMILES string of the molecule is C=C1C=CC(Cl)=C(OC(C)(C)C)N1. The molecule has 0 spiro atoms. The summed E-state index contributed by atoms with van der Waals surface area (Å²) >= 11 is 5.92. The summed E-state index contributed by atoms with van der Waals surface area (Å²) < 4.78 is 5.59. The minimum atomic E-state index is -0.256. The highest BCUT2D eigenvalue weighted by Gasteiger charge is 2.17.